The van der Waals surface area contributed by atoms with Gasteiger partial charge in [0.05, 0.1) is 0 Å². The molecule has 1 aromatic rings. The zero-order valence-corrected chi connectivity index (χ0v) is 8.38. The van der Waals surface area contributed by atoms with Gasteiger partial charge in [-0.1, -0.05) is 17.7 Å². The van der Waals surface area contributed by atoms with E-state index in [0.29, 0.717) is 6.04 Å². The van der Waals surface area contributed by atoms with Crippen LogP contribution in [0.4, 0.5) is 5.69 Å². The first-order chi connectivity index (χ1) is 6.22. The minimum atomic E-state index is 0.452. The number of anilines is 1. The first-order valence-corrected chi connectivity index (χ1v) is 4.75. The van der Waals surface area contributed by atoms with Gasteiger partial charge < -0.3 is 11.1 Å². The molecule has 1 rings (SSSR count). The molecule has 0 bridgehead atoms. The Morgan fingerprint density at radius 3 is 2.46 bits per heavy atom. The summed E-state index contributed by atoms with van der Waals surface area (Å²) in [5, 5.41) is 3.39. The molecule has 0 fully saturated rings. The fourth-order valence-corrected chi connectivity index (χ4v) is 1.26. The molecule has 0 spiro atoms. The van der Waals surface area contributed by atoms with Gasteiger partial charge in [-0.15, -0.1) is 0 Å². The second-order valence-corrected chi connectivity index (χ2v) is 3.49. The molecule has 13 heavy (non-hydrogen) atoms. The van der Waals surface area contributed by atoms with Crippen molar-refractivity contribution in [3.8, 4) is 0 Å². The molecule has 1 aromatic carbocycles. The van der Waals surface area contributed by atoms with Crippen LogP contribution in [0, 0.1) is 6.92 Å². The van der Waals surface area contributed by atoms with Crippen molar-refractivity contribution in [2.75, 3.05) is 11.9 Å². The Morgan fingerprint density at radius 2 is 1.92 bits per heavy atom. The molecule has 72 valence electrons. The third-order valence-corrected chi connectivity index (χ3v) is 2.06. The summed E-state index contributed by atoms with van der Waals surface area (Å²) in [7, 11) is 0. The van der Waals surface area contributed by atoms with Gasteiger partial charge in [0.1, 0.15) is 0 Å². The first-order valence-electron chi connectivity index (χ1n) is 4.75. The number of nitrogens with one attached hydrogen (secondary N) is 1. The molecule has 2 heteroatoms. The molecule has 3 N–H and O–H groups in total. The highest BCUT2D eigenvalue weighted by molar-refractivity contribution is 5.44. The normalized spacial score (nSPS) is 12.5. The molecule has 1 atom stereocenters. The standard InChI is InChI=1S/C11H18N2/c1-9-3-5-11(6-4-9)13-10(2)7-8-12/h3-6,10,13H,7-8,12H2,1-2H3. The van der Waals surface area contributed by atoms with Gasteiger partial charge in [-0.05, 0) is 38.9 Å². The molecular formula is C11H18N2. The second kappa shape index (κ2) is 4.87. The Balaban J connectivity index is 2.49. The van der Waals surface area contributed by atoms with Gasteiger partial charge in [0, 0.05) is 11.7 Å². The van der Waals surface area contributed by atoms with Crippen molar-refractivity contribution >= 4 is 5.69 Å². The number of nitrogens with two attached hydrogens (primary N) is 1. The highest BCUT2D eigenvalue weighted by Crippen LogP contribution is 2.10. The summed E-state index contributed by atoms with van der Waals surface area (Å²) in [6.45, 7) is 4.97. The summed E-state index contributed by atoms with van der Waals surface area (Å²) < 4.78 is 0. The van der Waals surface area contributed by atoms with Crippen molar-refractivity contribution in [3.05, 3.63) is 29.8 Å². The molecule has 0 aliphatic heterocycles. The average Bonchev–Trinajstić information content (AvgIpc) is 2.09. The van der Waals surface area contributed by atoms with E-state index < -0.39 is 0 Å². The van der Waals surface area contributed by atoms with E-state index >= 15 is 0 Å². The van der Waals surface area contributed by atoms with Crippen LogP contribution in [0.2, 0.25) is 0 Å². The number of rotatable bonds is 4. The minimum Gasteiger partial charge on any atom is -0.383 e. The lowest BCUT2D eigenvalue weighted by molar-refractivity contribution is 0.717. The fourth-order valence-electron chi connectivity index (χ4n) is 1.26. The van der Waals surface area contributed by atoms with E-state index in [1.807, 2.05) is 0 Å². The smallest absolute Gasteiger partial charge is 0.0342 e. The molecule has 2 nitrogen and oxygen atoms in total. The van der Waals surface area contributed by atoms with Crippen LogP contribution in [0.1, 0.15) is 18.9 Å². The highest BCUT2D eigenvalue weighted by Gasteiger charge is 1.99. The number of hydrogen-bond acceptors (Lipinski definition) is 2. The lowest BCUT2D eigenvalue weighted by Gasteiger charge is -2.13. The van der Waals surface area contributed by atoms with Crippen molar-refractivity contribution in [3.63, 3.8) is 0 Å². The van der Waals surface area contributed by atoms with E-state index in [0.717, 1.165) is 13.0 Å². The topological polar surface area (TPSA) is 38.0 Å². The van der Waals surface area contributed by atoms with Gasteiger partial charge in [-0.25, -0.2) is 0 Å². The van der Waals surface area contributed by atoms with Crippen LogP contribution in [0.15, 0.2) is 24.3 Å². The Morgan fingerprint density at radius 1 is 1.31 bits per heavy atom. The Bertz CT molecular complexity index is 241. The Hall–Kier alpha value is -1.02. The van der Waals surface area contributed by atoms with Crippen LogP contribution >= 0.6 is 0 Å². The second-order valence-electron chi connectivity index (χ2n) is 3.49. The minimum absolute atomic E-state index is 0.452. The molecule has 0 aliphatic rings. The van der Waals surface area contributed by atoms with E-state index in [9.17, 15) is 0 Å². The van der Waals surface area contributed by atoms with Gasteiger partial charge in [-0.3, -0.25) is 0 Å². The molecule has 0 radical (unpaired) electrons. The van der Waals surface area contributed by atoms with Gasteiger partial charge in [-0.2, -0.15) is 0 Å². The quantitative estimate of drug-likeness (QED) is 0.741. The molecule has 0 saturated carbocycles. The van der Waals surface area contributed by atoms with Crippen molar-refractivity contribution in [1.29, 1.82) is 0 Å². The monoisotopic (exact) mass is 178 g/mol. The van der Waals surface area contributed by atoms with Crippen LogP contribution < -0.4 is 11.1 Å². The van der Waals surface area contributed by atoms with Gasteiger partial charge >= 0.3 is 0 Å². The predicted octanol–water partition coefficient (Wildman–Crippen LogP) is 2.14. The van der Waals surface area contributed by atoms with Crippen LogP contribution in [0.25, 0.3) is 0 Å². The summed E-state index contributed by atoms with van der Waals surface area (Å²) in [5.41, 5.74) is 7.93. The molecule has 0 heterocycles. The SMILES string of the molecule is Cc1ccc(NC(C)CCN)cc1. The summed E-state index contributed by atoms with van der Waals surface area (Å²) in [5.74, 6) is 0. The predicted molar refractivity (Wildman–Crippen MR) is 57.9 cm³/mol. The maximum Gasteiger partial charge on any atom is 0.0342 e. The molecule has 0 aromatic heterocycles. The maximum absolute atomic E-state index is 5.47. The van der Waals surface area contributed by atoms with Gasteiger partial charge in [0.15, 0.2) is 0 Å². The number of benzene rings is 1. The Labute approximate surface area is 80.1 Å². The molecular weight excluding hydrogens is 160 g/mol. The largest absolute Gasteiger partial charge is 0.383 e. The average molecular weight is 178 g/mol. The van der Waals surface area contributed by atoms with E-state index in [2.05, 4.69) is 43.4 Å². The van der Waals surface area contributed by atoms with Crippen molar-refractivity contribution < 1.29 is 0 Å². The maximum atomic E-state index is 5.47. The van der Waals surface area contributed by atoms with Crippen LogP contribution in [-0.2, 0) is 0 Å². The lowest BCUT2D eigenvalue weighted by Crippen LogP contribution is -2.19. The molecule has 0 saturated heterocycles. The summed E-state index contributed by atoms with van der Waals surface area (Å²) in [6.07, 6.45) is 1.01. The zero-order valence-electron chi connectivity index (χ0n) is 8.38. The van der Waals surface area contributed by atoms with E-state index in [1.165, 1.54) is 11.3 Å². The summed E-state index contributed by atoms with van der Waals surface area (Å²) in [6, 6.07) is 8.87. The van der Waals surface area contributed by atoms with Crippen LogP contribution in [0.5, 0.6) is 0 Å². The van der Waals surface area contributed by atoms with Crippen molar-refractivity contribution in [1.82, 2.24) is 0 Å². The van der Waals surface area contributed by atoms with E-state index in [-0.39, 0.29) is 0 Å². The van der Waals surface area contributed by atoms with Gasteiger partial charge in [0.2, 0.25) is 0 Å². The summed E-state index contributed by atoms with van der Waals surface area (Å²) >= 11 is 0. The van der Waals surface area contributed by atoms with Crippen LogP contribution in [0.3, 0.4) is 0 Å². The number of hydrogen-bond donors (Lipinski definition) is 2. The lowest BCUT2D eigenvalue weighted by atomic mass is 10.2. The van der Waals surface area contributed by atoms with E-state index in [4.69, 9.17) is 5.73 Å². The fraction of sp³-hybridized carbons (Fsp3) is 0.455. The molecule has 0 amide bonds. The Kier molecular flexibility index (Phi) is 3.77. The summed E-state index contributed by atoms with van der Waals surface area (Å²) in [4.78, 5) is 0. The number of aryl methyl sites for hydroxylation is 1. The first kappa shape index (κ1) is 10.1. The molecule has 1 unspecified atom stereocenters. The van der Waals surface area contributed by atoms with Crippen molar-refractivity contribution in [2.45, 2.75) is 26.3 Å². The van der Waals surface area contributed by atoms with Crippen molar-refractivity contribution in [2.24, 2.45) is 5.73 Å². The zero-order chi connectivity index (χ0) is 9.68. The molecule has 0 aliphatic carbocycles. The highest BCUT2D eigenvalue weighted by atomic mass is 14.9. The van der Waals surface area contributed by atoms with Crippen LogP contribution in [-0.4, -0.2) is 12.6 Å². The third-order valence-electron chi connectivity index (χ3n) is 2.06. The van der Waals surface area contributed by atoms with Gasteiger partial charge in [0.25, 0.3) is 0 Å². The third kappa shape index (κ3) is 3.47. The van der Waals surface area contributed by atoms with E-state index in [1.54, 1.807) is 0 Å².